The molecule has 182 valence electrons. The Hall–Kier alpha value is -5.84. The van der Waals surface area contributed by atoms with E-state index in [-0.39, 0.29) is 0 Å². The van der Waals surface area contributed by atoms with Crippen molar-refractivity contribution < 1.29 is 0 Å². The Morgan fingerprint density at radius 1 is 0.590 bits per heavy atom. The first-order valence-corrected chi connectivity index (χ1v) is 12.2. The van der Waals surface area contributed by atoms with E-state index in [9.17, 15) is 15.8 Å². The van der Waals surface area contributed by atoms with Gasteiger partial charge in [-0.05, 0) is 73.5 Å². The first-order chi connectivity index (χ1) is 19.0. The number of hydrogen-bond donors (Lipinski definition) is 0. The van der Waals surface area contributed by atoms with Crippen LogP contribution in [-0.4, -0.2) is 19.5 Å². The number of aryl methyl sites for hydroxylation is 2. The van der Waals surface area contributed by atoms with Crippen LogP contribution < -0.4 is 0 Å². The molecule has 39 heavy (non-hydrogen) atoms. The lowest BCUT2D eigenvalue weighted by Crippen LogP contribution is -2.02. The molecule has 0 saturated heterocycles. The molecule has 6 rings (SSSR count). The summed E-state index contributed by atoms with van der Waals surface area (Å²) in [6.45, 7) is 3.66. The van der Waals surface area contributed by atoms with Crippen LogP contribution in [0.25, 0.3) is 50.0 Å². The first kappa shape index (κ1) is 23.6. The molecule has 0 unspecified atom stereocenters. The van der Waals surface area contributed by atoms with Crippen LogP contribution in [0.5, 0.6) is 0 Å². The first-order valence-electron chi connectivity index (χ1n) is 12.2. The van der Waals surface area contributed by atoms with Crippen molar-refractivity contribution in [2.75, 3.05) is 0 Å². The zero-order valence-corrected chi connectivity index (χ0v) is 21.1. The molecular formula is C32H19N7. The minimum Gasteiger partial charge on any atom is -0.308 e. The minimum atomic E-state index is 0.423. The van der Waals surface area contributed by atoms with Gasteiger partial charge in [0.1, 0.15) is 17.7 Å². The highest BCUT2D eigenvalue weighted by atomic mass is 15.0. The largest absolute Gasteiger partial charge is 0.308 e. The number of para-hydroxylation sites is 1. The zero-order valence-electron chi connectivity index (χ0n) is 21.1. The minimum absolute atomic E-state index is 0.423. The van der Waals surface area contributed by atoms with E-state index < -0.39 is 0 Å². The predicted octanol–water partition coefficient (Wildman–Crippen LogP) is 6.53. The number of rotatable bonds is 3. The maximum atomic E-state index is 10.1. The quantitative estimate of drug-likeness (QED) is 0.272. The number of nitrogens with zero attached hydrogens (tertiary/aromatic N) is 7. The van der Waals surface area contributed by atoms with E-state index in [4.69, 9.17) is 0 Å². The number of hydrogen-bond acceptors (Lipinski definition) is 6. The van der Waals surface area contributed by atoms with E-state index in [0.717, 1.165) is 38.5 Å². The molecule has 0 amide bonds. The summed E-state index contributed by atoms with van der Waals surface area (Å²) in [5.74, 6) is 1.80. The monoisotopic (exact) mass is 501 g/mol. The summed E-state index contributed by atoms with van der Waals surface area (Å²) in [6.07, 6.45) is 0. The van der Waals surface area contributed by atoms with Crippen molar-refractivity contribution in [2.45, 2.75) is 13.8 Å². The van der Waals surface area contributed by atoms with Gasteiger partial charge in [-0.1, -0.05) is 30.3 Å². The Kier molecular flexibility index (Phi) is 5.57. The molecule has 7 nitrogen and oxygen atoms in total. The molecule has 0 radical (unpaired) electrons. The summed E-state index contributed by atoms with van der Waals surface area (Å²) in [5, 5.41) is 31.1. The van der Waals surface area contributed by atoms with Crippen LogP contribution in [0.2, 0.25) is 0 Å². The molecule has 6 aromatic rings. The van der Waals surface area contributed by atoms with Crippen molar-refractivity contribution in [3.8, 4) is 46.4 Å². The third-order valence-corrected chi connectivity index (χ3v) is 6.67. The normalized spacial score (nSPS) is 10.7. The van der Waals surface area contributed by atoms with Crippen LogP contribution in [0.1, 0.15) is 28.3 Å². The third-order valence-electron chi connectivity index (χ3n) is 6.67. The van der Waals surface area contributed by atoms with Gasteiger partial charge in [-0.3, -0.25) is 0 Å². The summed E-state index contributed by atoms with van der Waals surface area (Å²) in [5.41, 5.74) is 6.31. The van der Waals surface area contributed by atoms with Gasteiger partial charge in [0.15, 0.2) is 5.82 Å². The van der Waals surface area contributed by atoms with Crippen molar-refractivity contribution in [2.24, 2.45) is 0 Å². The highest BCUT2D eigenvalue weighted by molar-refractivity contribution is 6.10. The van der Waals surface area contributed by atoms with E-state index in [1.165, 1.54) is 0 Å². The Morgan fingerprint density at radius 2 is 1.26 bits per heavy atom. The summed E-state index contributed by atoms with van der Waals surface area (Å²) < 4.78 is 2.08. The van der Waals surface area contributed by atoms with Gasteiger partial charge in [0.25, 0.3) is 0 Å². The Bertz CT molecular complexity index is 2030. The topological polar surface area (TPSA) is 115 Å². The second kappa shape index (κ2) is 9.23. The molecule has 0 aliphatic carbocycles. The third kappa shape index (κ3) is 4.03. The van der Waals surface area contributed by atoms with Crippen LogP contribution in [0.3, 0.4) is 0 Å². The fourth-order valence-corrected chi connectivity index (χ4v) is 5.03. The molecule has 0 bridgehead atoms. The van der Waals surface area contributed by atoms with Crippen molar-refractivity contribution in [1.82, 2.24) is 19.5 Å². The SMILES string of the molecule is Cc1nc(C)nc(-c2ccc(C#N)c(-n3c4ccccc4c4ccc(-c5cc(C#N)cc(C#N)c5)cc43)c2)n1. The highest BCUT2D eigenvalue weighted by Gasteiger charge is 2.17. The van der Waals surface area contributed by atoms with E-state index >= 15 is 0 Å². The van der Waals surface area contributed by atoms with Crippen LogP contribution in [0.4, 0.5) is 0 Å². The summed E-state index contributed by atoms with van der Waals surface area (Å²) in [7, 11) is 0. The number of aromatic nitrogens is 4. The average molecular weight is 502 g/mol. The maximum absolute atomic E-state index is 10.1. The van der Waals surface area contributed by atoms with Crippen LogP contribution in [0.15, 0.2) is 78.9 Å². The average Bonchev–Trinajstić information content (AvgIpc) is 3.29. The maximum Gasteiger partial charge on any atom is 0.163 e. The van der Waals surface area contributed by atoms with Crippen LogP contribution >= 0.6 is 0 Å². The van der Waals surface area contributed by atoms with Gasteiger partial charge in [-0.2, -0.15) is 15.8 Å². The Balaban J connectivity index is 1.66. The standard InChI is InChI=1S/C32H19N7/c1-19-36-20(2)38-32(37-19)24-7-8-25(18-35)30(15-24)39-29-6-4-3-5-27(29)28-10-9-23(14-31(28)39)26-12-21(16-33)11-22(13-26)17-34/h3-15H,1-2H3. The van der Waals surface area contributed by atoms with Crippen LogP contribution in [-0.2, 0) is 0 Å². The van der Waals surface area contributed by atoms with Crippen molar-refractivity contribution >= 4 is 21.8 Å². The Morgan fingerprint density at radius 3 is 1.95 bits per heavy atom. The molecule has 4 aromatic carbocycles. The van der Waals surface area contributed by atoms with Crippen LogP contribution in [0, 0.1) is 47.8 Å². The van der Waals surface area contributed by atoms with Gasteiger partial charge in [0.2, 0.25) is 0 Å². The molecule has 0 atom stereocenters. The molecule has 0 aliphatic heterocycles. The lowest BCUT2D eigenvalue weighted by Gasteiger charge is -2.13. The van der Waals surface area contributed by atoms with Gasteiger partial charge in [-0.25, -0.2) is 15.0 Å². The summed E-state index contributed by atoms with van der Waals surface area (Å²) in [6, 6.07) is 31.5. The second-order valence-electron chi connectivity index (χ2n) is 9.20. The number of benzene rings is 4. The predicted molar refractivity (Wildman–Crippen MR) is 149 cm³/mol. The zero-order chi connectivity index (χ0) is 27.1. The van der Waals surface area contributed by atoms with E-state index in [1.54, 1.807) is 24.3 Å². The fourth-order valence-electron chi connectivity index (χ4n) is 5.03. The molecule has 2 aromatic heterocycles. The molecule has 0 fully saturated rings. The molecule has 0 N–H and O–H groups in total. The van der Waals surface area contributed by atoms with E-state index in [0.29, 0.717) is 39.9 Å². The van der Waals surface area contributed by atoms with Crippen molar-refractivity contribution in [3.63, 3.8) is 0 Å². The highest BCUT2D eigenvalue weighted by Crippen LogP contribution is 2.36. The molecule has 0 saturated carbocycles. The Labute approximate surface area is 224 Å². The van der Waals surface area contributed by atoms with Gasteiger partial charge in [-0.15, -0.1) is 0 Å². The molecule has 0 spiro atoms. The number of fused-ring (bicyclic) bond motifs is 3. The number of nitriles is 3. The molecular weight excluding hydrogens is 482 g/mol. The summed E-state index contributed by atoms with van der Waals surface area (Å²) in [4.78, 5) is 13.3. The molecule has 2 heterocycles. The fraction of sp³-hybridized carbons (Fsp3) is 0.0625. The van der Waals surface area contributed by atoms with Gasteiger partial charge < -0.3 is 4.57 Å². The van der Waals surface area contributed by atoms with Crippen molar-refractivity contribution in [1.29, 1.82) is 15.8 Å². The van der Waals surface area contributed by atoms with Gasteiger partial charge in [0, 0.05) is 16.3 Å². The lowest BCUT2D eigenvalue weighted by molar-refractivity contribution is 0.928. The smallest absolute Gasteiger partial charge is 0.163 e. The van der Waals surface area contributed by atoms with E-state index in [2.05, 4.69) is 43.8 Å². The van der Waals surface area contributed by atoms with Gasteiger partial charge >= 0.3 is 0 Å². The summed E-state index contributed by atoms with van der Waals surface area (Å²) >= 11 is 0. The van der Waals surface area contributed by atoms with Gasteiger partial charge in [0.05, 0.1) is 45.5 Å². The second-order valence-corrected chi connectivity index (χ2v) is 9.20. The lowest BCUT2D eigenvalue weighted by atomic mass is 9.99. The molecule has 0 aliphatic rings. The van der Waals surface area contributed by atoms with E-state index in [1.807, 2.05) is 62.4 Å². The molecule has 7 heteroatoms. The van der Waals surface area contributed by atoms with Crippen molar-refractivity contribution in [3.05, 3.63) is 107 Å².